The van der Waals surface area contributed by atoms with Gasteiger partial charge in [-0.15, -0.1) is 0 Å². The van der Waals surface area contributed by atoms with Crippen LogP contribution < -0.4 is 10.1 Å². The zero-order chi connectivity index (χ0) is 19.6. The number of carbonyl (C=O) groups is 4. The molecule has 0 bridgehead atoms. The van der Waals surface area contributed by atoms with Gasteiger partial charge in [-0.05, 0) is 61.2 Å². The number of aliphatic carboxylic acids is 1. The maximum Gasteiger partial charge on any atom is 0.314 e. The van der Waals surface area contributed by atoms with Crippen molar-refractivity contribution in [3.05, 3.63) is 33.7 Å². The highest BCUT2D eigenvalue weighted by Crippen LogP contribution is 2.34. The van der Waals surface area contributed by atoms with Crippen LogP contribution in [0.3, 0.4) is 0 Å². The molecule has 0 aromatic heterocycles. The van der Waals surface area contributed by atoms with E-state index in [0.29, 0.717) is 16.2 Å². The van der Waals surface area contributed by atoms with E-state index in [4.69, 9.17) is 21.4 Å². The fourth-order valence-corrected chi connectivity index (χ4v) is 3.01. The Labute approximate surface area is 164 Å². The van der Waals surface area contributed by atoms with Gasteiger partial charge in [0.1, 0.15) is 5.75 Å². The molecule has 4 rings (SSSR count). The molecule has 0 unspecified atom stereocenters. The first-order chi connectivity index (χ1) is 12.8. The third kappa shape index (κ3) is 5.58. The summed E-state index contributed by atoms with van der Waals surface area (Å²) in [5.41, 5.74) is 0.651. The maximum absolute atomic E-state index is 11.6. The third-order valence-corrected chi connectivity index (χ3v) is 5.05. The summed E-state index contributed by atoms with van der Waals surface area (Å²) in [5, 5.41) is 10.1. The molecule has 27 heavy (non-hydrogen) atoms. The van der Waals surface area contributed by atoms with Gasteiger partial charge in [0.15, 0.2) is 0 Å². The van der Waals surface area contributed by atoms with Crippen molar-refractivity contribution in [3.8, 4) is 5.75 Å². The Morgan fingerprint density at radius 3 is 2.30 bits per heavy atom. The van der Waals surface area contributed by atoms with Crippen LogP contribution >= 0.6 is 23.4 Å². The molecule has 2 amide bonds. The predicted molar refractivity (Wildman–Crippen MR) is 99.3 cm³/mol. The molecule has 2 N–H and O–H groups in total. The molecule has 2 saturated carbocycles. The number of hydrogen-bond donors (Lipinski definition) is 2. The highest BCUT2D eigenvalue weighted by molar-refractivity contribution is 8.18. The lowest BCUT2D eigenvalue weighted by Gasteiger charge is -2.06. The molecule has 1 aromatic carbocycles. The lowest BCUT2D eigenvalue weighted by atomic mass is 10.2. The number of nitrogens with one attached hydrogen (secondary N) is 1. The molecule has 7 nitrogen and oxygen atoms in total. The van der Waals surface area contributed by atoms with Crippen molar-refractivity contribution in [3.63, 3.8) is 0 Å². The molecule has 3 aliphatic rings. The number of thioether (sulfide) groups is 1. The highest BCUT2D eigenvalue weighted by atomic mass is 35.5. The standard InChI is InChI=1S/C14H10ClNO4S.C4H6O2/c15-9-5-7(6-11-12(17)16-14(19)21-11)1-4-10(9)20-13(18)8-2-3-8;5-4(6)3-1-2-3/h1,4-6,8H,2-3H2,(H,16,17,19);3H,1-2H2,(H,5,6)/b11-6-;. The summed E-state index contributed by atoms with van der Waals surface area (Å²) in [6, 6.07) is 4.83. The molecule has 0 atom stereocenters. The monoisotopic (exact) mass is 409 g/mol. The van der Waals surface area contributed by atoms with Gasteiger partial charge < -0.3 is 9.84 Å². The number of carboxylic acid groups (broad SMARTS) is 1. The minimum Gasteiger partial charge on any atom is -0.481 e. The van der Waals surface area contributed by atoms with Crippen molar-refractivity contribution in [1.82, 2.24) is 5.32 Å². The molecular formula is C18H16ClNO6S. The molecule has 142 valence electrons. The van der Waals surface area contributed by atoms with Crippen LogP contribution in [0.2, 0.25) is 5.02 Å². The summed E-state index contributed by atoms with van der Waals surface area (Å²) in [5.74, 6) is -1.01. The Morgan fingerprint density at radius 2 is 1.85 bits per heavy atom. The Balaban J connectivity index is 0.000000299. The van der Waals surface area contributed by atoms with E-state index < -0.39 is 17.1 Å². The maximum atomic E-state index is 11.6. The first-order valence-corrected chi connectivity index (χ1v) is 9.52. The summed E-state index contributed by atoms with van der Waals surface area (Å²) in [6.07, 6.45) is 5.08. The summed E-state index contributed by atoms with van der Waals surface area (Å²) < 4.78 is 5.20. The van der Waals surface area contributed by atoms with Crippen molar-refractivity contribution in [2.24, 2.45) is 11.8 Å². The Bertz CT molecular complexity index is 844. The smallest absolute Gasteiger partial charge is 0.314 e. The largest absolute Gasteiger partial charge is 0.481 e. The molecule has 1 aliphatic heterocycles. The SMILES string of the molecule is O=C(O)C1CC1.O=C1NC(=O)/C(=C/c2ccc(OC(=O)C3CC3)c(Cl)c2)S1. The Kier molecular flexibility index (Phi) is 5.86. The number of carbonyl (C=O) groups excluding carboxylic acids is 3. The van der Waals surface area contributed by atoms with Gasteiger partial charge in [0.25, 0.3) is 11.1 Å². The van der Waals surface area contributed by atoms with Crippen LogP contribution in [0.5, 0.6) is 5.75 Å². The van der Waals surface area contributed by atoms with Gasteiger partial charge in [-0.3, -0.25) is 24.5 Å². The van der Waals surface area contributed by atoms with E-state index in [1.807, 2.05) is 0 Å². The van der Waals surface area contributed by atoms with Crippen LogP contribution in [0.4, 0.5) is 4.79 Å². The zero-order valence-corrected chi connectivity index (χ0v) is 15.6. The summed E-state index contributed by atoms with van der Waals surface area (Å²) in [4.78, 5) is 44.2. The second kappa shape index (κ2) is 8.14. The second-order valence-electron chi connectivity index (χ2n) is 6.35. The van der Waals surface area contributed by atoms with Gasteiger partial charge in [-0.25, -0.2) is 0 Å². The van der Waals surface area contributed by atoms with E-state index in [9.17, 15) is 19.2 Å². The number of hydrogen-bond acceptors (Lipinski definition) is 6. The van der Waals surface area contributed by atoms with Crippen LogP contribution in [0.25, 0.3) is 6.08 Å². The van der Waals surface area contributed by atoms with Crippen molar-refractivity contribution >= 4 is 52.5 Å². The van der Waals surface area contributed by atoms with E-state index in [-0.39, 0.29) is 22.8 Å². The van der Waals surface area contributed by atoms with E-state index in [0.717, 1.165) is 37.4 Å². The normalized spacial score (nSPS) is 20.0. The topological polar surface area (TPSA) is 110 Å². The first-order valence-electron chi connectivity index (χ1n) is 8.32. The number of carboxylic acids is 1. The van der Waals surface area contributed by atoms with Crippen LogP contribution in [0, 0.1) is 11.8 Å². The first kappa shape index (κ1) is 19.4. The van der Waals surface area contributed by atoms with Gasteiger partial charge in [0.2, 0.25) is 0 Å². The molecule has 0 radical (unpaired) electrons. The Morgan fingerprint density at radius 1 is 1.19 bits per heavy atom. The van der Waals surface area contributed by atoms with Gasteiger partial charge in [0.05, 0.1) is 21.8 Å². The van der Waals surface area contributed by atoms with Gasteiger partial charge in [-0.2, -0.15) is 0 Å². The van der Waals surface area contributed by atoms with Gasteiger partial charge >= 0.3 is 11.9 Å². The van der Waals surface area contributed by atoms with E-state index in [1.165, 1.54) is 0 Å². The second-order valence-corrected chi connectivity index (χ2v) is 7.77. The molecule has 0 spiro atoms. The average Bonchev–Trinajstić information content (AvgIpc) is 3.48. The van der Waals surface area contributed by atoms with Crippen molar-refractivity contribution in [1.29, 1.82) is 0 Å². The lowest BCUT2D eigenvalue weighted by molar-refractivity contribution is -0.138. The number of amides is 2. The Hall–Kier alpha value is -2.32. The quantitative estimate of drug-likeness (QED) is 0.445. The third-order valence-electron chi connectivity index (χ3n) is 3.94. The summed E-state index contributed by atoms with van der Waals surface area (Å²) in [6.45, 7) is 0. The van der Waals surface area contributed by atoms with Crippen molar-refractivity contribution < 1.29 is 29.0 Å². The molecule has 1 saturated heterocycles. The van der Waals surface area contributed by atoms with E-state index >= 15 is 0 Å². The van der Waals surface area contributed by atoms with Crippen molar-refractivity contribution in [2.75, 3.05) is 0 Å². The molecule has 3 fully saturated rings. The summed E-state index contributed by atoms with van der Waals surface area (Å²) >= 11 is 6.90. The molecule has 2 aliphatic carbocycles. The summed E-state index contributed by atoms with van der Waals surface area (Å²) in [7, 11) is 0. The highest BCUT2D eigenvalue weighted by Gasteiger charge is 2.32. The zero-order valence-electron chi connectivity index (χ0n) is 14.1. The van der Waals surface area contributed by atoms with Crippen LogP contribution in [0.1, 0.15) is 31.2 Å². The van der Waals surface area contributed by atoms with E-state index in [2.05, 4.69) is 5.32 Å². The lowest BCUT2D eigenvalue weighted by Crippen LogP contribution is -2.17. The van der Waals surface area contributed by atoms with Crippen LogP contribution in [0.15, 0.2) is 23.1 Å². The van der Waals surface area contributed by atoms with Crippen LogP contribution in [-0.4, -0.2) is 28.2 Å². The minimum atomic E-state index is -0.630. The number of halogens is 1. The number of rotatable bonds is 4. The number of esters is 1. The van der Waals surface area contributed by atoms with Gasteiger partial charge in [-0.1, -0.05) is 17.7 Å². The number of benzene rings is 1. The minimum absolute atomic E-state index is 0.00698. The molecule has 9 heteroatoms. The van der Waals surface area contributed by atoms with Gasteiger partial charge in [0, 0.05) is 0 Å². The van der Waals surface area contributed by atoms with Crippen LogP contribution in [-0.2, 0) is 14.4 Å². The molecular weight excluding hydrogens is 394 g/mol. The van der Waals surface area contributed by atoms with Crippen molar-refractivity contribution in [2.45, 2.75) is 25.7 Å². The molecule has 1 aromatic rings. The fourth-order valence-electron chi connectivity index (χ4n) is 2.10. The fraction of sp³-hybridized carbons (Fsp3) is 0.333. The average molecular weight is 410 g/mol. The number of imide groups is 1. The predicted octanol–water partition coefficient (Wildman–Crippen LogP) is 3.46. The van der Waals surface area contributed by atoms with E-state index in [1.54, 1.807) is 24.3 Å². The molecule has 1 heterocycles. The number of ether oxygens (including phenoxy) is 1.